The highest BCUT2D eigenvalue weighted by Gasteiger charge is 2.45. The van der Waals surface area contributed by atoms with E-state index in [0.717, 1.165) is 31.2 Å². The Morgan fingerprint density at radius 3 is 2.17 bits per heavy atom. The smallest absolute Gasteiger partial charge is 0.330 e. The maximum absolute atomic E-state index is 12.1. The Labute approximate surface area is 213 Å². The van der Waals surface area contributed by atoms with Crippen molar-refractivity contribution in [3.63, 3.8) is 0 Å². The number of esters is 1. The van der Waals surface area contributed by atoms with Crippen LogP contribution in [0.15, 0.2) is 24.3 Å². The number of methoxy groups -OCH3 is 1. The molecule has 1 aromatic carbocycles. The molecule has 1 atom stereocenters. The fourth-order valence-corrected chi connectivity index (χ4v) is 4.01. The summed E-state index contributed by atoms with van der Waals surface area (Å²) in [5.41, 5.74) is 0.753. The Morgan fingerprint density at radius 1 is 1.03 bits per heavy atom. The summed E-state index contributed by atoms with van der Waals surface area (Å²) in [5, 5.41) is 9.38. The number of hydrogen-bond donors (Lipinski definition) is 1. The largest absolute Gasteiger partial charge is 0.504 e. The summed E-state index contributed by atoms with van der Waals surface area (Å²) in [4.78, 5) is 23.2. The molecule has 0 aromatic heterocycles. The van der Waals surface area contributed by atoms with Crippen LogP contribution in [0.5, 0.6) is 11.5 Å². The van der Waals surface area contributed by atoms with Gasteiger partial charge in [0.1, 0.15) is 6.10 Å². The van der Waals surface area contributed by atoms with Crippen LogP contribution in [0.4, 0.5) is 0 Å². The molecule has 200 valence electrons. The molecule has 0 bridgehead atoms. The second-order valence-corrected chi connectivity index (χ2v) is 8.45. The van der Waals surface area contributed by atoms with E-state index >= 15 is 0 Å². The lowest BCUT2D eigenvalue weighted by Crippen LogP contribution is -2.55. The maximum atomic E-state index is 12.1. The van der Waals surface area contributed by atoms with E-state index in [1.807, 2.05) is 20.8 Å². The van der Waals surface area contributed by atoms with E-state index < -0.39 is 11.8 Å². The van der Waals surface area contributed by atoms with Crippen LogP contribution < -0.4 is 4.74 Å². The van der Waals surface area contributed by atoms with Crippen molar-refractivity contribution in [3.05, 3.63) is 29.8 Å². The number of phenolic OH excluding ortho intramolecular Hbond substituents is 1. The Morgan fingerprint density at radius 2 is 1.69 bits per heavy atom. The van der Waals surface area contributed by atoms with Gasteiger partial charge in [-0.05, 0) is 57.9 Å². The van der Waals surface area contributed by atoms with Gasteiger partial charge >= 0.3 is 5.97 Å². The molecule has 0 amide bonds. The van der Waals surface area contributed by atoms with Crippen molar-refractivity contribution < 1.29 is 38.4 Å². The molecule has 8 nitrogen and oxygen atoms in total. The Kier molecular flexibility index (Phi) is 17.8. The lowest BCUT2D eigenvalue weighted by molar-refractivity contribution is -0.267. The van der Waals surface area contributed by atoms with Gasteiger partial charge in [-0.1, -0.05) is 32.3 Å². The normalized spacial score (nSPS) is 12.2. The molecule has 9 heteroatoms. The summed E-state index contributed by atoms with van der Waals surface area (Å²) in [6.07, 6.45) is 6.73. The first-order chi connectivity index (χ1) is 16.8. The van der Waals surface area contributed by atoms with Gasteiger partial charge in [-0.3, -0.25) is 0 Å². The topological polar surface area (TPSA) is 101 Å². The fourth-order valence-electron chi connectivity index (χ4n) is 3.40. The molecule has 1 aromatic rings. The van der Waals surface area contributed by atoms with Crippen LogP contribution in [-0.2, 0) is 28.5 Å². The molecular weight excluding hydrogens is 468 g/mol. The van der Waals surface area contributed by atoms with Crippen LogP contribution in [0.3, 0.4) is 0 Å². The molecule has 0 fully saturated rings. The van der Waals surface area contributed by atoms with Crippen molar-refractivity contribution in [2.45, 2.75) is 72.2 Å². The highest BCUT2D eigenvalue weighted by molar-refractivity contribution is 6.59. The van der Waals surface area contributed by atoms with Crippen LogP contribution in [0.2, 0.25) is 0 Å². The molecule has 35 heavy (non-hydrogen) atoms. The van der Waals surface area contributed by atoms with E-state index in [0.29, 0.717) is 42.4 Å². The third kappa shape index (κ3) is 11.9. The summed E-state index contributed by atoms with van der Waals surface area (Å²) in [6, 6.07) is 4.81. The molecule has 0 saturated heterocycles. The average Bonchev–Trinajstić information content (AvgIpc) is 2.83. The number of hydrogen-bond acceptors (Lipinski definition) is 8. The molecule has 0 heterocycles. The minimum atomic E-state index is -1.18. The van der Waals surface area contributed by atoms with E-state index in [9.17, 15) is 14.7 Å². The van der Waals surface area contributed by atoms with Crippen LogP contribution >= 0.6 is 0 Å². The van der Waals surface area contributed by atoms with Gasteiger partial charge in [0, 0.05) is 25.9 Å². The van der Waals surface area contributed by atoms with Crippen LogP contribution in [0.25, 0.3) is 6.08 Å². The number of carbonyl (C=O) groups excluding carboxylic acids is 2. The predicted molar refractivity (Wildman–Crippen MR) is 141 cm³/mol. The summed E-state index contributed by atoms with van der Waals surface area (Å²) < 4.78 is 26.9. The first-order valence-electron chi connectivity index (χ1n) is 12.4. The third-order valence-electron chi connectivity index (χ3n) is 4.97. The molecule has 0 radical (unpaired) electrons. The van der Waals surface area contributed by atoms with Gasteiger partial charge in [0.25, 0.3) is 0 Å². The van der Waals surface area contributed by atoms with Crippen molar-refractivity contribution in [2.75, 3.05) is 33.5 Å². The standard InChI is InChI=1S/C14H30O4Si.C12H14O4/c1-5-9-10-11-12(16-6-2)14(13(15)19,17-7-3)18-8-4;1-3-16-12(14)7-5-9-4-6-10(13)11(8-9)15-2/h12H,5-11H2,1-4,19H3;4-8,13H,3H2,1-2H3. The molecule has 0 aliphatic rings. The van der Waals surface area contributed by atoms with Gasteiger partial charge in [-0.25, -0.2) is 4.79 Å². The molecule has 0 spiro atoms. The second-order valence-electron chi connectivity index (χ2n) is 7.55. The van der Waals surface area contributed by atoms with Crippen molar-refractivity contribution >= 4 is 27.7 Å². The molecule has 1 rings (SSSR count). The second kappa shape index (κ2) is 19.0. The minimum absolute atomic E-state index is 0.0196. The van der Waals surface area contributed by atoms with E-state index in [1.165, 1.54) is 19.3 Å². The molecule has 1 unspecified atom stereocenters. The number of phenols is 1. The zero-order valence-electron chi connectivity index (χ0n) is 22.4. The van der Waals surface area contributed by atoms with Crippen LogP contribution in [0.1, 0.15) is 65.9 Å². The van der Waals surface area contributed by atoms with Gasteiger partial charge in [-0.2, -0.15) is 0 Å². The molecule has 1 N–H and O–H groups in total. The zero-order valence-corrected chi connectivity index (χ0v) is 24.4. The van der Waals surface area contributed by atoms with Gasteiger partial charge in [0.05, 0.1) is 24.0 Å². The summed E-state index contributed by atoms with van der Waals surface area (Å²) >= 11 is 0. The Bertz CT molecular complexity index is 760. The number of unbranched alkanes of at least 4 members (excludes halogenated alkanes) is 2. The van der Waals surface area contributed by atoms with Crippen molar-refractivity contribution in [1.29, 1.82) is 0 Å². The van der Waals surface area contributed by atoms with Gasteiger partial charge in [0.15, 0.2) is 16.9 Å². The fraction of sp³-hybridized carbons (Fsp3) is 0.615. The Balaban J connectivity index is 0.000000669. The minimum Gasteiger partial charge on any atom is -0.504 e. The molecular formula is C26H44O8Si. The highest BCUT2D eigenvalue weighted by atomic mass is 28.1. The maximum Gasteiger partial charge on any atom is 0.330 e. The zero-order chi connectivity index (χ0) is 26.7. The molecule has 0 saturated carbocycles. The van der Waals surface area contributed by atoms with Crippen molar-refractivity contribution in [3.8, 4) is 11.5 Å². The summed E-state index contributed by atoms with van der Waals surface area (Å²) in [6.45, 7) is 11.4. The van der Waals surface area contributed by atoms with Crippen molar-refractivity contribution in [2.24, 2.45) is 0 Å². The van der Waals surface area contributed by atoms with E-state index in [4.69, 9.17) is 23.7 Å². The lowest BCUT2D eigenvalue weighted by Gasteiger charge is -2.37. The first-order valence-corrected chi connectivity index (χ1v) is 13.4. The first kappa shape index (κ1) is 32.8. The highest BCUT2D eigenvalue weighted by Crippen LogP contribution is 2.27. The quantitative estimate of drug-likeness (QED) is 0.118. The third-order valence-corrected chi connectivity index (χ3v) is 5.67. The summed E-state index contributed by atoms with van der Waals surface area (Å²) in [5.74, 6) is -1.14. The van der Waals surface area contributed by atoms with E-state index in [1.54, 1.807) is 25.1 Å². The van der Waals surface area contributed by atoms with Gasteiger partial charge in [0.2, 0.25) is 5.79 Å². The molecule has 0 aliphatic carbocycles. The number of carbonyl (C=O) groups is 2. The van der Waals surface area contributed by atoms with Crippen LogP contribution in [0, 0.1) is 0 Å². The van der Waals surface area contributed by atoms with Gasteiger partial charge < -0.3 is 33.6 Å². The number of aromatic hydroxyl groups is 1. The number of rotatable bonds is 16. The average molecular weight is 513 g/mol. The number of benzene rings is 1. The van der Waals surface area contributed by atoms with E-state index in [2.05, 4.69) is 6.92 Å². The van der Waals surface area contributed by atoms with Crippen LogP contribution in [-0.4, -0.2) is 72.2 Å². The number of ether oxygens (including phenoxy) is 5. The Hall–Kier alpha value is -2.20. The monoisotopic (exact) mass is 512 g/mol. The predicted octanol–water partition coefficient (Wildman–Crippen LogP) is 3.61. The summed E-state index contributed by atoms with van der Waals surface area (Å²) in [7, 11) is 1.87. The lowest BCUT2D eigenvalue weighted by atomic mass is 10.0. The SMILES string of the molecule is CCCCCC(OCC)C(OCC)(OCC)C(=O)[SiH3].CCOC(=O)C=Cc1ccc(O)c(OC)c1. The van der Waals surface area contributed by atoms with Gasteiger partial charge in [-0.15, -0.1) is 0 Å². The van der Waals surface area contributed by atoms with E-state index in [-0.39, 0.29) is 17.3 Å². The molecule has 0 aliphatic heterocycles. The van der Waals surface area contributed by atoms with Crippen molar-refractivity contribution in [1.82, 2.24) is 0 Å².